The number of rotatable bonds is 5. The van der Waals surface area contributed by atoms with E-state index in [1.165, 1.54) is 0 Å². The highest BCUT2D eigenvalue weighted by Crippen LogP contribution is 2.26. The quantitative estimate of drug-likeness (QED) is 0.767. The molecule has 3 rings (SSSR count). The van der Waals surface area contributed by atoms with Gasteiger partial charge in [0.1, 0.15) is 0 Å². The van der Waals surface area contributed by atoms with Crippen molar-refractivity contribution in [2.24, 2.45) is 5.92 Å². The molecule has 2 amide bonds. The van der Waals surface area contributed by atoms with E-state index < -0.39 is 5.97 Å². The van der Waals surface area contributed by atoms with Crippen LogP contribution in [0.5, 0.6) is 0 Å². The summed E-state index contributed by atoms with van der Waals surface area (Å²) in [7, 11) is 0. The Labute approximate surface area is 152 Å². The number of aryl methyl sites for hydroxylation is 1. The van der Waals surface area contributed by atoms with Crippen molar-refractivity contribution in [2.75, 3.05) is 5.32 Å². The normalized spacial score (nSPS) is 19.3. The Kier molecular flexibility index (Phi) is 5.25. The van der Waals surface area contributed by atoms with Crippen molar-refractivity contribution in [1.29, 1.82) is 0 Å². The molecule has 0 spiro atoms. The van der Waals surface area contributed by atoms with E-state index in [1.807, 2.05) is 42.8 Å². The van der Waals surface area contributed by atoms with Gasteiger partial charge in [0.05, 0.1) is 29.2 Å². The van der Waals surface area contributed by atoms with Crippen LogP contribution in [0.15, 0.2) is 30.5 Å². The summed E-state index contributed by atoms with van der Waals surface area (Å²) in [6.07, 6.45) is 4.14. The summed E-state index contributed by atoms with van der Waals surface area (Å²) >= 11 is 0. The highest BCUT2D eigenvalue weighted by Gasteiger charge is 2.30. The number of amides is 2. The van der Waals surface area contributed by atoms with E-state index in [2.05, 4.69) is 15.7 Å². The van der Waals surface area contributed by atoms with E-state index in [0.29, 0.717) is 31.4 Å². The standard InChI is InChI=1S/C19H24N4O3/c1-3-16-15(11-20-23(16)17-7-5-4-6-12(17)2)22-19(26)21-14-9-8-13(10-14)18(24)25/h4-7,11,13-14H,3,8-10H2,1-2H3,(H,24,25)(H2,21,22,26)/t13-,14+/m0/s1. The molecule has 2 atom stereocenters. The van der Waals surface area contributed by atoms with Crippen LogP contribution in [-0.2, 0) is 11.2 Å². The number of aliphatic carboxylic acids is 1. The fraction of sp³-hybridized carbons (Fsp3) is 0.421. The Balaban J connectivity index is 1.70. The van der Waals surface area contributed by atoms with Gasteiger partial charge >= 0.3 is 12.0 Å². The van der Waals surface area contributed by atoms with Gasteiger partial charge in [-0.1, -0.05) is 25.1 Å². The van der Waals surface area contributed by atoms with E-state index in [4.69, 9.17) is 5.11 Å². The zero-order valence-corrected chi connectivity index (χ0v) is 15.0. The number of carbonyl (C=O) groups excluding carboxylic acids is 1. The molecule has 1 aliphatic rings. The fourth-order valence-corrected chi connectivity index (χ4v) is 3.51. The first-order valence-corrected chi connectivity index (χ1v) is 8.92. The third-order valence-corrected chi connectivity index (χ3v) is 4.91. The van der Waals surface area contributed by atoms with E-state index in [-0.39, 0.29) is 18.0 Å². The number of anilines is 1. The Morgan fingerprint density at radius 3 is 2.73 bits per heavy atom. The van der Waals surface area contributed by atoms with Crippen molar-refractivity contribution in [2.45, 2.75) is 45.6 Å². The summed E-state index contributed by atoms with van der Waals surface area (Å²) in [4.78, 5) is 23.4. The molecular weight excluding hydrogens is 332 g/mol. The van der Waals surface area contributed by atoms with E-state index in [9.17, 15) is 9.59 Å². The van der Waals surface area contributed by atoms with Gasteiger partial charge in [0.15, 0.2) is 0 Å². The lowest BCUT2D eigenvalue weighted by atomic mass is 10.1. The van der Waals surface area contributed by atoms with Crippen molar-refractivity contribution in [3.05, 3.63) is 41.7 Å². The molecule has 0 aliphatic heterocycles. The van der Waals surface area contributed by atoms with Crippen LogP contribution in [0.2, 0.25) is 0 Å². The van der Waals surface area contributed by atoms with Crippen LogP contribution in [0.3, 0.4) is 0 Å². The Hall–Kier alpha value is -2.83. The molecule has 0 saturated heterocycles. The van der Waals surface area contributed by atoms with Crippen LogP contribution in [0.25, 0.3) is 5.69 Å². The molecule has 138 valence electrons. The lowest BCUT2D eigenvalue weighted by Gasteiger charge is -2.14. The Morgan fingerprint density at radius 2 is 2.08 bits per heavy atom. The Bertz CT molecular complexity index is 815. The van der Waals surface area contributed by atoms with Crippen LogP contribution in [-0.4, -0.2) is 32.9 Å². The summed E-state index contributed by atoms with van der Waals surface area (Å²) < 4.78 is 1.85. The highest BCUT2D eigenvalue weighted by molar-refractivity contribution is 5.90. The van der Waals surface area contributed by atoms with Gasteiger partial charge in [0, 0.05) is 6.04 Å². The number of para-hydroxylation sites is 1. The predicted molar refractivity (Wildman–Crippen MR) is 98.6 cm³/mol. The average Bonchev–Trinajstić information content (AvgIpc) is 3.22. The molecule has 1 aromatic heterocycles. The van der Waals surface area contributed by atoms with Crippen molar-refractivity contribution < 1.29 is 14.7 Å². The van der Waals surface area contributed by atoms with E-state index >= 15 is 0 Å². The number of aromatic nitrogens is 2. The number of benzene rings is 1. The number of carboxylic acids is 1. The third kappa shape index (κ3) is 3.71. The summed E-state index contributed by atoms with van der Waals surface area (Å²) in [6, 6.07) is 7.53. The van der Waals surface area contributed by atoms with E-state index in [1.54, 1.807) is 6.20 Å². The molecule has 1 aromatic carbocycles. The molecule has 7 heteroatoms. The summed E-state index contributed by atoms with van der Waals surface area (Å²) in [6.45, 7) is 4.04. The number of urea groups is 1. The molecule has 0 unspecified atom stereocenters. The highest BCUT2D eigenvalue weighted by atomic mass is 16.4. The average molecular weight is 356 g/mol. The molecule has 0 bridgehead atoms. The van der Waals surface area contributed by atoms with Gasteiger partial charge < -0.3 is 15.7 Å². The molecule has 7 nitrogen and oxygen atoms in total. The maximum atomic E-state index is 12.3. The lowest BCUT2D eigenvalue weighted by Crippen LogP contribution is -2.36. The van der Waals surface area contributed by atoms with Crippen LogP contribution < -0.4 is 10.6 Å². The van der Waals surface area contributed by atoms with Gasteiger partial charge in [-0.05, 0) is 44.2 Å². The second-order valence-electron chi connectivity index (χ2n) is 6.70. The van der Waals surface area contributed by atoms with Gasteiger partial charge in [-0.25, -0.2) is 9.48 Å². The Morgan fingerprint density at radius 1 is 1.31 bits per heavy atom. The molecule has 1 heterocycles. The zero-order chi connectivity index (χ0) is 18.7. The van der Waals surface area contributed by atoms with Gasteiger partial charge in [0.2, 0.25) is 0 Å². The van der Waals surface area contributed by atoms with Crippen LogP contribution in [0.4, 0.5) is 10.5 Å². The minimum atomic E-state index is -0.789. The number of hydrogen-bond acceptors (Lipinski definition) is 3. The number of carboxylic acid groups (broad SMARTS) is 1. The largest absolute Gasteiger partial charge is 0.481 e. The monoisotopic (exact) mass is 356 g/mol. The van der Waals surface area contributed by atoms with Crippen LogP contribution >= 0.6 is 0 Å². The lowest BCUT2D eigenvalue weighted by molar-refractivity contribution is -0.141. The molecular formula is C19H24N4O3. The minimum absolute atomic E-state index is 0.104. The first-order chi connectivity index (χ1) is 12.5. The smallest absolute Gasteiger partial charge is 0.319 e. The number of hydrogen-bond donors (Lipinski definition) is 3. The summed E-state index contributed by atoms with van der Waals surface area (Å²) in [5.41, 5.74) is 3.68. The van der Waals surface area contributed by atoms with Crippen molar-refractivity contribution in [3.63, 3.8) is 0 Å². The third-order valence-electron chi connectivity index (χ3n) is 4.91. The van der Waals surface area contributed by atoms with Crippen molar-refractivity contribution in [1.82, 2.24) is 15.1 Å². The topological polar surface area (TPSA) is 96.2 Å². The molecule has 26 heavy (non-hydrogen) atoms. The maximum Gasteiger partial charge on any atom is 0.319 e. The number of nitrogens with zero attached hydrogens (tertiary/aromatic N) is 2. The summed E-state index contributed by atoms with van der Waals surface area (Å²) in [5, 5.41) is 19.2. The van der Waals surface area contributed by atoms with Crippen molar-refractivity contribution in [3.8, 4) is 5.69 Å². The second kappa shape index (κ2) is 7.59. The van der Waals surface area contributed by atoms with Crippen molar-refractivity contribution >= 4 is 17.7 Å². The molecule has 2 aromatic rings. The van der Waals surface area contributed by atoms with E-state index in [0.717, 1.165) is 16.9 Å². The molecule has 3 N–H and O–H groups in total. The zero-order valence-electron chi connectivity index (χ0n) is 15.0. The maximum absolute atomic E-state index is 12.3. The van der Waals surface area contributed by atoms with Gasteiger partial charge in [-0.15, -0.1) is 0 Å². The molecule has 1 fully saturated rings. The SMILES string of the molecule is CCc1c(NC(=O)N[C@@H]2CC[C@H](C(=O)O)C2)cnn1-c1ccccc1C. The first-order valence-electron chi connectivity index (χ1n) is 8.92. The second-order valence-corrected chi connectivity index (χ2v) is 6.70. The van der Waals surface area contributed by atoms with Gasteiger partial charge in [-0.3, -0.25) is 4.79 Å². The summed E-state index contributed by atoms with van der Waals surface area (Å²) in [5.74, 6) is -1.15. The van der Waals surface area contributed by atoms with Gasteiger partial charge in [-0.2, -0.15) is 5.10 Å². The van der Waals surface area contributed by atoms with Crippen LogP contribution in [0.1, 0.15) is 37.4 Å². The van der Waals surface area contributed by atoms with Crippen LogP contribution in [0, 0.1) is 12.8 Å². The first kappa shape index (κ1) is 18.0. The molecule has 1 aliphatic carbocycles. The number of carbonyl (C=O) groups is 2. The van der Waals surface area contributed by atoms with Gasteiger partial charge in [0.25, 0.3) is 0 Å². The minimum Gasteiger partial charge on any atom is -0.481 e. The fourth-order valence-electron chi connectivity index (χ4n) is 3.51. The molecule has 0 radical (unpaired) electrons. The molecule has 1 saturated carbocycles. The number of nitrogens with one attached hydrogen (secondary N) is 2. The predicted octanol–water partition coefficient (Wildman–Crippen LogP) is 3.12.